The first-order valence-electron chi connectivity index (χ1n) is 9.26. The molecule has 3 rings (SSSR count). The van der Waals surface area contributed by atoms with E-state index in [-0.39, 0.29) is 16.8 Å². The van der Waals surface area contributed by atoms with Gasteiger partial charge in [-0.15, -0.1) is 0 Å². The van der Waals surface area contributed by atoms with Crippen LogP contribution in [0.4, 0.5) is 10.1 Å². The van der Waals surface area contributed by atoms with E-state index in [1.54, 1.807) is 17.0 Å². The van der Waals surface area contributed by atoms with E-state index >= 15 is 0 Å². The second-order valence-electron chi connectivity index (χ2n) is 7.84. The van der Waals surface area contributed by atoms with Gasteiger partial charge in [0.1, 0.15) is 10.8 Å². The van der Waals surface area contributed by atoms with E-state index in [0.717, 1.165) is 5.69 Å². The Hall–Kier alpha value is -1.97. The molecule has 154 valence electrons. The van der Waals surface area contributed by atoms with Crippen molar-refractivity contribution in [2.24, 2.45) is 0 Å². The van der Waals surface area contributed by atoms with Crippen LogP contribution in [0.5, 0.6) is 0 Å². The van der Waals surface area contributed by atoms with Gasteiger partial charge in [0.15, 0.2) is 0 Å². The standard InChI is InChI=1S/C19H26FN3O4S/c1-19(2,3)27-23-9-8-16(17(23)24)18(28(25)26)22-12-10-21(11-13-22)15-6-4-14(20)5-7-15/h4-7H,8-13H2,1-3H3,(H,25,26). The number of anilines is 1. The molecule has 2 aliphatic rings. The molecule has 2 aliphatic heterocycles. The maximum absolute atomic E-state index is 13.1. The van der Waals surface area contributed by atoms with E-state index in [1.807, 2.05) is 20.8 Å². The van der Waals surface area contributed by atoms with E-state index in [4.69, 9.17) is 4.84 Å². The zero-order valence-corrected chi connectivity index (χ0v) is 17.2. The molecule has 1 atom stereocenters. The molecule has 9 heteroatoms. The van der Waals surface area contributed by atoms with Crippen molar-refractivity contribution in [1.29, 1.82) is 0 Å². The monoisotopic (exact) mass is 411 g/mol. The Labute approximate surface area is 167 Å². The van der Waals surface area contributed by atoms with Gasteiger partial charge in [0.25, 0.3) is 5.91 Å². The third-order valence-electron chi connectivity index (χ3n) is 4.62. The van der Waals surface area contributed by atoms with Crippen molar-refractivity contribution in [3.05, 3.63) is 40.7 Å². The largest absolute Gasteiger partial charge is 0.368 e. The molecule has 1 aromatic carbocycles. The van der Waals surface area contributed by atoms with Crippen molar-refractivity contribution in [3.8, 4) is 0 Å². The molecule has 0 aromatic heterocycles. The minimum Gasteiger partial charge on any atom is -0.368 e. The van der Waals surface area contributed by atoms with Gasteiger partial charge in [-0.3, -0.25) is 9.63 Å². The number of hydrogen-bond acceptors (Lipinski definition) is 5. The van der Waals surface area contributed by atoms with Gasteiger partial charge >= 0.3 is 0 Å². The van der Waals surface area contributed by atoms with Crippen LogP contribution in [-0.2, 0) is 20.7 Å². The molecule has 2 saturated heterocycles. The van der Waals surface area contributed by atoms with E-state index in [9.17, 15) is 17.9 Å². The predicted molar refractivity (Wildman–Crippen MR) is 105 cm³/mol. The number of hydroxylamine groups is 2. The molecule has 0 saturated carbocycles. The van der Waals surface area contributed by atoms with Crippen LogP contribution in [0.1, 0.15) is 27.2 Å². The lowest BCUT2D eigenvalue weighted by molar-refractivity contribution is -0.217. The Morgan fingerprint density at radius 2 is 1.71 bits per heavy atom. The topological polar surface area (TPSA) is 73.3 Å². The summed E-state index contributed by atoms with van der Waals surface area (Å²) in [7, 11) is 0. The molecule has 1 aromatic rings. The molecule has 1 N–H and O–H groups in total. The highest BCUT2D eigenvalue weighted by Crippen LogP contribution is 2.28. The minimum absolute atomic E-state index is 0.170. The van der Waals surface area contributed by atoms with Gasteiger partial charge in [0, 0.05) is 38.3 Å². The molecule has 2 heterocycles. The molecule has 1 unspecified atom stereocenters. The van der Waals surface area contributed by atoms with Gasteiger partial charge in [0.2, 0.25) is 11.1 Å². The van der Waals surface area contributed by atoms with E-state index in [1.165, 1.54) is 17.2 Å². The van der Waals surface area contributed by atoms with Crippen molar-refractivity contribution in [2.75, 3.05) is 37.6 Å². The van der Waals surface area contributed by atoms with Crippen molar-refractivity contribution in [3.63, 3.8) is 0 Å². The third-order valence-corrected chi connectivity index (χ3v) is 5.45. The molecule has 28 heavy (non-hydrogen) atoms. The smallest absolute Gasteiger partial charge is 0.276 e. The van der Waals surface area contributed by atoms with Crippen LogP contribution in [0.2, 0.25) is 0 Å². The number of carbonyl (C=O) groups excluding carboxylic acids is 1. The van der Waals surface area contributed by atoms with E-state index in [2.05, 4.69) is 4.90 Å². The lowest BCUT2D eigenvalue weighted by Gasteiger charge is -2.37. The van der Waals surface area contributed by atoms with E-state index < -0.39 is 16.7 Å². The average molecular weight is 411 g/mol. The lowest BCUT2D eigenvalue weighted by atomic mass is 10.2. The van der Waals surface area contributed by atoms with Gasteiger partial charge in [-0.2, -0.15) is 0 Å². The first-order chi connectivity index (χ1) is 13.2. The maximum atomic E-state index is 13.1. The molecule has 1 amide bonds. The summed E-state index contributed by atoms with van der Waals surface area (Å²) < 4.78 is 35.1. The number of nitrogens with zero attached hydrogens (tertiary/aromatic N) is 3. The number of halogens is 1. The van der Waals surface area contributed by atoms with Gasteiger partial charge in [-0.05, 0) is 45.0 Å². The summed E-state index contributed by atoms with van der Waals surface area (Å²) >= 11 is -2.27. The van der Waals surface area contributed by atoms with Gasteiger partial charge in [-0.25, -0.2) is 13.7 Å². The van der Waals surface area contributed by atoms with Crippen LogP contribution in [0, 0.1) is 5.82 Å². The Kier molecular flexibility index (Phi) is 6.07. The van der Waals surface area contributed by atoms with Crippen molar-refractivity contribution in [1.82, 2.24) is 9.96 Å². The van der Waals surface area contributed by atoms with Crippen molar-refractivity contribution < 1.29 is 22.8 Å². The number of benzene rings is 1. The molecule has 2 fully saturated rings. The normalized spacial score (nSPS) is 21.3. The number of amides is 1. The molecular weight excluding hydrogens is 385 g/mol. The Balaban J connectivity index is 1.73. The summed E-state index contributed by atoms with van der Waals surface area (Å²) in [6.45, 7) is 8.12. The first kappa shape index (κ1) is 20.8. The summed E-state index contributed by atoms with van der Waals surface area (Å²) in [5.74, 6) is -0.639. The summed E-state index contributed by atoms with van der Waals surface area (Å²) in [5.41, 5.74) is 0.715. The fourth-order valence-electron chi connectivity index (χ4n) is 3.41. The first-order valence-corrected chi connectivity index (χ1v) is 10.4. The van der Waals surface area contributed by atoms with E-state index in [0.29, 0.717) is 44.7 Å². The van der Waals surface area contributed by atoms with Crippen LogP contribution in [0.3, 0.4) is 0 Å². The lowest BCUT2D eigenvalue weighted by Crippen LogP contribution is -2.47. The number of rotatable bonds is 4. The molecule has 7 nitrogen and oxygen atoms in total. The van der Waals surface area contributed by atoms with Crippen molar-refractivity contribution in [2.45, 2.75) is 32.8 Å². The quantitative estimate of drug-likeness (QED) is 0.606. The fraction of sp³-hybridized carbons (Fsp3) is 0.526. The highest BCUT2D eigenvalue weighted by Gasteiger charge is 2.36. The summed E-state index contributed by atoms with van der Waals surface area (Å²) in [6.07, 6.45) is 0.370. The fourth-order valence-corrected chi connectivity index (χ4v) is 4.22. The number of hydrogen-bond donors (Lipinski definition) is 1. The molecular formula is C19H26FN3O4S. The maximum Gasteiger partial charge on any atom is 0.276 e. The summed E-state index contributed by atoms with van der Waals surface area (Å²) in [6, 6.07) is 6.27. The zero-order chi connectivity index (χ0) is 20.5. The van der Waals surface area contributed by atoms with Gasteiger partial charge in [-0.1, -0.05) is 0 Å². The zero-order valence-electron chi connectivity index (χ0n) is 16.4. The summed E-state index contributed by atoms with van der Waals surface area (Å²) in [4.78, 5) is 22.3. The Bertz CT molecular complexity index is 783. The van der Waals surface area contributed by atoms with Crippen LogP contribution < -0.4 is 4.90 Å². The molecule has 0 radical (unpaired) electrons. The van der Waals surface area contributed by atoms with Crippen LogP contribution in [-0.4, -0.2) is 63.0 Å². The second-order valence-corrected chi connectivity index (χ2v) is 8.73. The SMILES string of the molecule is CC(C)(C)ON1CCC(=C(N2CCN(c3ccc(F)cc3)CC2)S(=O)O)C1=O. The van der Waals surface area contributed by atoms with Crippen LogP contribution in [0.25, 0.3) is 0 Å². The number of carbonyl (C=O) groups is 1. The third kappa shape index (κ3) is 4.71. The minimum atomic E-state index is -2.27. The second kappa shape index (κ2) is 8.18. The van der Waals surface area contributed by atoms with Crippen LogP contribution >= 0.6 is 0 Å². The highest BCUT2D eigenvalue weighted by molar-refractivity contribution is 7.83. The van der Waals surface area contributed by atoms with Crippen LogP contribution in [0.15, 0.2) is 34.9 Å². The average Bonchev–Trinajstić information content (AvgIpc) is 2.95. The molecule has 0 bridgehead atoms. The van der Waals surface area contributed by atoms with Gasteiger partial charge < -0.3 is 14.4 Å². The molecule has 0 aliphatic carbocycles. The predicted octanol–water partition coefficient (Wildman–Crippen LogP) is 2.34. The highest BCUT2D eigenvalue weighted by atomic mass is 32.2. The summed E-state index contributed by atoms with van der Waals surface area (Å²) in [5, 5.41) is 1.44. The Morgan fingerprint density at radius 3 is 2.25 bits per heavy atom. The Morgan fingerprint density at radius 1 is 1.11 bits per heavy atom. The number of piperazine rings is 1. The van der Waals surface area contributed by atoms with Crippen molar-refractivity contribution >= 4 is 22.7 Å². The van der Waals surface area contributed by atoms with Gasteiger partial charge in [0.05, 0.1) is 17.7 Å². The molecule has 0 spiro atoms.